The van der Waals surface area contributed by atoms with Crippen LogP contribution in [-0.2, 0) is 4.74 Å². The average molecular weight is 491 g/mol. The lowest BCUT2D eigenvalue weighted by molar-refractivity contribution is -0.0216. The van der Waals surface area contributed by atoms with Gasteiger partial charge in [-0.1, -0.05) is 0 Å². The molecule has 1 spiro atoms. The van der Waals surface area contributed by atoms with Crippen molar-refractivity contribution in [3.63, 3.8) is 0 Å². The molecular weight excluding hydrogens is 472 g/mol. The fourth-order valence-electron chi connectivity index (χ4n) is 4.75. The van der Waals surface area contributed by atoms with Gasteiger partial charge >= 0.3 is 0 Å². The lowest BCUT2D eigenvalue weighted by Gasteiger charge is -2.43. The number of hydrogen-bond donors (Lipinski definition) is 2. The van der Waals surface area contributed by atoms with Crippen molar-refractivity contribution in [1.29, 1.82) is 0 Å². The highest BCUT2D eigenvalue weighted by Crippen LogP contribution is 2.59. The molecule has 1 aliphatic heterocycles. The van der Waals surface area contributed by atoms with Crippen molar-refractivity contribution in [3.05, 3.63) is 41.8 Å². The Labute approximate surface area is 188 Å². The summed E-state index contributed by atoms with van der Waals surface area (Å²) >= 11 is 0. The predicted octanol–water partition coefficient (Wildman–Crippen LogP) is 3.03. The van der Waals surface area contributed by atoms with Gasteiger partial charge in [0.25, 0.3) is 24.3 Å². The van der Waals surface area contributed by atoms with Crippen molar-refractivity contribution in [3.8, 4) is 5.88 Å². The molecule has 4 rings (SSSR count). The van der Waals surface area contributed by atoms with Crippen LogP contribution in [0.15, 0.2) is 41.1 Å². The number of amidine groups is 1. The maximum atomic E-state index is 15.4. The second-order valence-electron chi connectivity index (χ2n) is 8.14. The second-order valence-corrected chi connectivity index (χ2v) is 8.14. The molecule has 0 radical (unpaired) electrons. The van der Waals surface area contributed by atoms with Crippen molar-refractivity contribution in [1.82, 2.24) is 15.3 Å². The van der Waals surface area contributed by atoms with Crippen LogP contribution in [0.25, 0.3) is 0 Å². The molecule has 1 saturated carbocycles. The molecular formula is C20H19F6N5O3. The number of amides is 1. The third-order valence-electron chi connectivity index (χ3n) is 6.13. The van der Waals surface area contributed by atoms with Gasteiger partial charge in [0, 0.05) is 30.9 Å². The van der Waals surface area contributed by atoms with Gasteiger partial charge < -0.3 is 20.5 Å². The van der Waals surface area contributed by atoms with Gasteiger partial charge in [-0.3, -0.25) is 4.79 Å². The Morgan fingerprint density at radius 2 is 2.03 bits per heavy atom. The third-order valence-corrected chi connectivity index (χ3v) is 6.13. The average Bonchev–Trinajstić information content (AvgIpc) is 3.03. The van der Waals surface area contributed by atoms with E-state index >= 15 is 4.39 Å². The number of halogens is 6. The lowest BCUT2D eigenvalue weighted by Crippen LogP contribution is -2.49. The molecule has 3 N–H and O–H groups in total. The van der Waals surface area contributed by atoms with E-state index in [1.165, 1.54) is 0 Å². The van der Waals surface area contributed by atoms with Crippen LogP contribution in [-0.4, -0.2) is 53.3 Å². The largest absolute Gasteiger partial charge is 0.462 e. The number of aliphatic imine (C=N–C) groups is 1. The van der Waals surface area contributed by atoms with Crippen LogP contribution in [0.5, 0.6) is 5.88 Å². The van der Waals surface area contributed by atoms with E-state index in [0.29, 0.717) is 0 Å². The Morgan fingerprint density at radius 1 is 1.26 bits per heavy atom. The maximum absolute atomic E-state index is 15.4. The summed E-state index contributed by atoms with van der Waals surface area (Å²) in [6.45, 7) is -1.16. The van der Waals surface area contributed by atoms with Crippen LogP contribution in [0.2, 0.25) is 0 Å². The first-order valence-corrected chi connectivity index (χ1v) is 10.1. The molecule has 1 aromatic rings. The van der Waals surface area contributed by atoms with Gasteiger partial charge in [-0.05, 0) is 12.2 Å². The van der Waals surface area contributed by atoms with Gasteiger partial charge in [-0.15, -0.1) is 0 Å². The minimum atomic E-state index is -3.30. The van der Waals surface area contributed by atoms with E-state index in [-0.39, 0.29) is 17.3 Å². The van der Waals surface area contributed by atoms with Gasteiger partial charge in [0.15, 0.2) is 0 Å². The van der Waals surface area contributed by atoms with Crippen LogP contribution in [0.3, 0.4) is 0 Å². The van der Waals surface area contributed by atoms with Crippen molar-refractivity contribution in [2.75, 3.05) is 6.86 Å². The molecule has 0 aromatic carbocycles. The number of rotatable bonds is 5. The van der Waals surface area contributed by atoms with E-state index in [9.17, 15) is 26.7 Å². The number of aromatic nitrogens is 2. The quantitative estimate of drug-likeness (QED) is 0.613. The molecule has 1 aromatic heterocycles. The Bertz CT molecular complexity index is 1050. The Balaban J connectivity index is 1.66. The standard InChI is InChI=1S/C20H19F6N5O3/c21-8-33-14-7-28-11(6-29-14)17(32)30-9-1-2-13(22)20(3-9)10-4-19(25,26)5-12(10)34-18(27)31-15(20)16(23)24/h1-2,6-7,10,12,15-16H,3-5,8H2,(H2,27,31)(H,30,32). The molecule has 3 aliphatic rings. The smallest absolute Gasteiger partial charge is 0.282 e. The van der Waals surface area contributed by atoms with Gasteiger partial charge in [0.2, 0.25) is 12.7 Å². The molecule has 2 aliphatic carbocycles. The summed E-state index contributed by atoms with van der Waals surface area (Å²) in [5, 5.41) is 2.41. The fraction of sp³-hybridized carbons (Fsp3) is 0.500. The first kappa shape index (κ1) is 23.8. The Kier molecular flexibility index (Phi) is 6.16. The summed E-state index contributed by atoms with van der Waals surface area (Å²) in [7, 11) is 0. The summed E-state index contributed by atoms with van der Waals surface area (Å²) in [6.07, 6.45) is -3.02. The van der Waals surface area contributed by atoms with E-state index in [1.807, 2.05) is 0 Å². The molecule has 1 amide bonds. The maximum Gasteiger partial charge on any atom is 0.282 e. The molecule has 8 nitrogen and oxygen atoms in total. The van der Waals surface area contributed by atoms with Gasteiger partial charge in [-0.2, -0.15) is 0 Å². The first-order chi connectivity index (χ1) is 16.1. The number of nitrogens with one attached hydrogen (secondary N) is 1. The van der Waals surface area contributed by atoms with E-state index in [2.05, 4.69) is 25.0 Å². The van der Waals surface area contributed by atoms with Crippen LogP contribution < -0.4 is 15.8 Å². The number of nitrogens with zero attached hydrogens (tertiary/aromatic N) is 3. The van der Waals surface area contributed by atoms with Crippen LogP contribution >= 0.6 is 0 Å². The molecule has 184 valence electrons. The van der Waals surface area contributed by atoms with E-state index in [0.717, 1.165) is 24.5 Å². The minimum Gasteiger partial charge on any atom is -0.462 e. The lowest BCUT2D eigenvalue weighted by atomic mass is 9.63. The summed E-state index contributed by atoms with van der Waals surface area (Å²) in [5.41, 5.74) is 3.04. The summed E-state index contributed by atoms with van der Waals surface area (Å²) in [4.78, 5) is 23.6. The Morgan fingerprint density at radius 3 is 2.68 bits per heavy atom. The summed E-state index contributed by atoms with van der Waals surface area (Å²) in [5.74, 6) is -6.80. The van der Waals surface area contributed by atoms with E-state index < -0.39 is 79.7 Å². The molecule has 14 heteroatoms. The van der Waals surface area contributed by atoms with Crippen LogP contribution in [0, 0.1) is 11.3 Å². The second kappa shape index (κ2) is 8.80. The minimum absolute atomic E-state index is 0.0347. The third kappa shape index (κ3) is 4.28. The number of nitrogens with two attached hydrogens (primary N) is 1. The summed E-state index contributed by atoms with van der Waals surface area (Å²) in [6, 6.07) is -2.86. The number of allylic oxidation sites excluding steroid dienone is 3. The zero-order valence-corrected chi connectivity index (χ0v) is 17.4. The van der Waals surface area contributed by atoms with Gasteiger partial charge in [0.05, 0.1) is 17.8 Å². The Hall–Kier alpha value is -3.32. The van der Waals surface area contributed by atoms with Crippen molar-refractivity contribution in [2.24, 2.45) is 22.1 Å². The highest BCUT2D eigenvalue weighted by Gasteiger charge is 2.64. The number of fused-ring (bicyclic) bond motifs is 2. The SMILES string of the molecule is NC1=NC(C(F)F)C2(CC(NC(=O)c3cnc(OCF)cn3)=CC=C2F)C2CC(F)(F)CC2O1. The number of alkyl halides is 5. The van der Waals surface area contributed by atoms with Crippen molar-refractivity contribution in [2.45, 2.75) is 43.8 Å². The van der Waals surface area contributed by atoms with E-state index in [4.69, 9.17) is 10.5 Å². The topological polar surface area (TPSA) is 112 Å². The van der Waals surface area contributed by atoms with Crippen LogP contribution in [0.1, 0.15) is 29.8 Å². The highest BCUT2D eigenvalue weighted by molar-refractivity contribution is 5.93. The molecule has 2 heterocycles. The van der Waals surface area contributed by atoms with E-state index in [1.54, 1.807) is 0 Å². The molecule has 4 unspecified atom stereocenters. The number of carbonyl (C=O) groups is 1. The molecule has 4 atom stereocenters. The molecule has 0 bridgehead atoms. The molecule has 1 fully saturated rings. The zero-order valence-electron chi connectivity index (χ0n) is 17.4. The van der Waals surface area contributed by atoms with Crippen molar-refractivity contribution >= 4 is 11.9 Å². The van der Waals surface area contributed by atoms with Gasteiger partial charge in [-0.25, -0.2) is 41.3 Å². The highest BCUT2D eigenvalue weighted by atomic mass is 19.3. The number of hydrogen-bond acceptors (Lipinski definition) is 7. The number of ether oxygens (including phenoxy) is 2. The molecule has 0 saturated heterocycles. The predicted molar refractivity (Wildman–Crippen MR) is 104 cm³/mol. The first-order valence-electron chi connectivity index (χ1n) is 10.1. The van der Waals surface area contributed by atoms with Crippen molar-refractivity contribution < 1.29 is 40.6 Å². The van der Waals surface area contributed by atoms with Crippen LogP contribution in [0.4, 0.5) is 26.3 Å². The van der Waals surface area contributed by atoms with Gasteiger partial charge in [0.1, 0.15) is 23.7 Å². The zero-order chi connectivity index (χ0) is 24.7. The fourth-order valence-corrected chi connectivity index (χ4v) is 4.75. The normalized spacial score (nSPS) is 30.0. The molecule has 34 heavy (non-hydrogen) atoms. The number of carbonyl (C=O) groups excluding carboxylic acids is 1. The summed E-state index contributed by atoms with van der Waals surface area (Å²) < 4.78 is 94.1. The monoisotopic (exact) mass is 491 g/mol.